The summed E-state index contributed by atoms with van der Waals surface area (Å²) < 4.78 is 12.6. The predicted octanol–water partition coefficient (Wildman–Crippen LogP) is 8.63. The Morgan fingerprint density at radius 1 is 0.886 bits per heavy atom. The van der Waals surface area contributed by atoms with Crippen molar-refractivity contribution in [3.8, 4) is 0 Å². The number of rotatable bonds is 5. The van der Waals surface area contributed by atoms with Gasteiger partial charge in [-0.05, 0) is 145 Å². The molecule has 4 rings (SSSR count). The fourth-order valence-corrected chi connectivity index (χ4v) is 11.3. The van der Waals surface area contributed by atoms with E-state index in [4.69, 9.17) is 9.16 Å². The molecule has 4 fully saturated rings. The van der Waals surface area contributed by atoms with Crippen molar-refractivity contribution >= 4 is 14.3 Å². The molecule has 8 atom stereocenters. The van der Waals surface area contributed by atoms with Crippen LogP contribution in [0.3, 0.4) is 0 Å². The number of hydrogen-bond acceptors (Lipinski definition) is 3. The first-order valence-electron chi connectivity index (χ1n) is 14.9. The average Bonchev–Trinajstić information content (AvgIpc) is 3.10. The second kappa shape index (κ2) is 9.14. The normalized spacial score (nSPS) is 42.1. The van der Waals surface area contributed by atoms with Gasteiger partial charge in [0.25, 0.3) is 0 Å². The van der Waals surface area contributed by atoms with Gasteiger partial charge in [-0.25, -0.2) is 0 Å². The molecular weight excluding hydrogens is 448 g/mol. The molecule has 4 aliphatic carbocycles. The summed E-state index contributed by atoms with van der Waals surface area (Å²) in [6.45, 7) is 23.7. The van der Waals surface area contributed by atoms with E-state index in [-0.39, 0.29) is 22.0 Å². The molecule has 0 saturated heterocycles. The molecule has 0 spiro atoms. The monoisotopic (exact) mass is 504 g/mol. The largest absolute Gasteiger partial charge is 0.466 e. The summed E-state index contributed by atoms with van der Waals surface area (Å²) in [6.07, 6.45) is 11.8. The molecule has 0 heterocycles. The van der Waals surface area contributed by atoms with E-state index in [1.165, 1.54) is 57.8 Å². The van der Waals surface area contributed by atoms with Crippen LogP contribution in [0.4, 0.5) is 0 Å². The van der Waals surface area contributed by atoms with Gasteiger partial charge >= 0.3 is 5.97 Å². The molecule has 0 N–H and O–H groups in total. The van der Waals surface area contributed by atoms with Crippen molar-refractivity contribution in [3.63, 3.8) is 0 Å². The van der Waals surface area contributed by atoms with Crippen LogP contribution >= 0.6 is 0 Å². The Labute approximate surface area is 218 Å². The van der Waals surface area contributed by atoms with Crippen LogP contribution in [0, 0.1) is 46.3 Å². The number of fused-ring (bicyclic) bond motifs is 5. The van der Waals surface area contributed by atoms with Gasteiger partial charge in [0.1, 0.15) is 0 Å². The summed E-state index contributed by atoms with van der Waals surface area (Å²) in [5, 5.41) is 0.273. The van der Waals surface area contributed by atoms with Gasteiger partial charge in [0.05, 0.1) is 17.6 Å². The average molecular weight is 505 g/mol. The Morgan fingerprint density at radius 2 is 1.54 bits per heavy atom. The van der Waals surface area contributed by atoms with E-state index in [0.29, 0.717) is 17.9 Å². The van der Waals surface area contributed by atoms with Crippen molar-refractivity contribution in [3.05, 3.63) is 0 Å². The van der Waals surface area contributed by atoms with Gasteiger partial charge < -0.3 is 9.16 Å². The van der Waals surface area contributed by atoms with Crippen LogP contribution in [-0.2, 0) is 14.0 Å². The third kappa shape index (κ3) is 4.70. The van der Waals surface area contributed by atoms with E-state index < -0.39 is 8.32 Å². The maximum atomic E-state index is 12.9. The molecule has 4 aliphatic rings. The minimum Gasteiger partial charge on any atom is -0.466 e. The first kappa shape index (κ1) is 27.7. The standard InChI is InChI=1S/C31H56O3Si/c1-11-33-27(32)29(5,6)26-15-14-25-24-13-12-21-20-30(7,34-35(9,10)28(2,3)4)18-16-22(21)23(24)17-19-31(25,26)8/h21-26H,11-20H2,1-10H3/t21-,22+,23-,24-,25+,26-,30-,31+/m1/s1. The SMILES string of the molecule is CCOC(=O)C(C)(C)[C@H]1CC[C@H]2[C@@H]3CC[C@@H]4C[C@](C)(O[Si](C)(C)C(C)(C)C)CC[C@@H]4[C@H]3CC[C@]12C. The molecule has 202 valence electrons. The minimum absolute atomic E-state index is 0.0194. The van der Waals surface area contributed by atoms with Crippen molar-refractivity contribution in [1.82, 2.24) is 0 Å². The Kier molecular flexibility index (Phi) is 7.23. The van der Waals surface area contributed by atoms with Gasteiger partial charge in [-0.3, -0.25) is 4.79 Å². The molecule has 0 aromatic carbocycles. The highest BCUT2D eigenvalue weighted by Gasteiger charge is 2.61. The van der Waals surface area contributed by atoms with Crippen molar-refractivity contribution < 1.29 is 14.0 Å². The molecule has 35 heavy (non-hydrogen) atoms. The van der Waals surface area contributed by atoms with Gasteiger partial charge in [0.15, 0.2) is 8.32 Å². The minimum atomic E-state index is -1.76. The van der Waals surface area contributed by atoms with Crippen LogP contribution in [0.5, 0.6) is 0 Å². The number of esters is 1. The van der Waals surface area contributed by atoms with Crippen molar-refractivity contribution in [2.75, 3.05) is 6.61 Å². The second-order valence-corrected chi connectivity index (χ2v) is 20.3. The lowest BCUT2D eigenvalue weighted by Gasteiger charge is -2.59. The summed E-state index contributed by atoms with van der Waals surface area (Å²) in [6, 6.07) is 0. The quantitative estimate of drug-likeness (QED) is 0.278. The molecular formula is C31H56O3Si. The van der Waals surface area contributed by atoms with Crippen LogP contribution in [0.25, 0.3) is 0 Å². The van der Waals surface area contributed by atoms with Crippen molar-refractivity contribution in [1.29, 1.82) is 0 Å². The summed E-state index contributed by atoms with van der Waals surface area (Å²) in [5.74, 6) is 4.76. The molecule has 0 amide bonds. The van der Waals surface area contributed by atoms with Gasteiger partial charge in [-0.1, -0.05) is 27.7 Å². The van der Waals surface area contributed by atoms with Crippen LogP contribution in [0.15, 0.2) is 0 Å². The van der Waals surface area contributed by atoms with Gasteiger partial charge in [0, 0.05) is 0 Å². The van der Waals surface area contributed by atoms with Crippen LogP contribution in [0.1, 0.15) is 113 Å². The molecule has 4 heteroatoms. The summed E-state index contributed by atoms with van der Waals surface area (Å²) in [7, 11) is -1.76. The van der Waals surface area contributed by atoms with Gasteiger partial charge in [-0.2, -0.15) is 0 Å². The van der Waals surface area contributed by atoms with Crippen LogP contribution < -0.4 is 0 Å². The maximum absolute atomic E-state index is 12.9. The second-order valence-electron chi connectivity index (χ2n) is 15.6. The van der Waals surface area contributed by atoms with E-state index in [1.54, 1.807) is 0 Å². The molecule has 0 aliphatic heterocycles. The van der Waals surface area contributed by atoms with E-state index in [0.717, 1.165) is 29.6 Å². The lowest BCUT2D eigenvalue weighted by atomic mass is 9.47. The zero-order valence-electron chi connectivity index (χ0n) is 24.8. The highest BCUT2D eigenvalue weighted by Crippen LogP contribution is 2.67. The molecule has 3 nitrogen and oxygen atoms in total. The summed E-state index contributed by atoms with van der Waals surface area (Å²) in [5.41, 5.74) is -0.0154. The fraction of sp³-hybridized carbons (Fsp3) is 0.968. The number of ether oxygens (including phenoxy) is 1. The third-order valence-electron chi connectivity index (χ3n) is 12.2. The number of hydrogen-bond donors (Lipinski definition) is 0. The Morgan fingerprint density at radius 3 is 2.17 bits per heavy atom. The zero-order chi connectivity index (χ0) is 26.0. The molecule has 0 aromatic heterocycles. The van der Waals surface area contributed by atoms with Crippen LogP contribution in [0.2, 0.25) is 18.1 Å². The van der Waals surface area contributed by atoms with E-state index in [9.17, 15) is 4.79 Å². The molecule has 0 unspecified atom stereocenters. The number of carbonyl (C=O) groups is 1. The Bertz CT molecular complexity index is 798. The van der Waals surface area contributed by atoms with Gasteiger partial charge in [0.2, 0.25) is 0 Å². The van der Waals surface area contributed by atoms with E-state index >= 15 is 0 Å². The first-order chi connectivity index (χ1) is 16.1. The predicted molar refractivity (Wildman–Crippen MR) is 148 cm³/mol. The number of carbonyl (C=O) groups excluding carboxylic acids is 1. The first-order valence-corrected chi connectivity index (χ1v) is 17.8. The smallest absolute Gasteiger partial charge is 0.311 e. The molecule has 0 bridgehead atoms. The fourth-order valence-electron chi connectivity index (χ4n) is 9.57. The topological polar surface area (TPSA) is 35.5 Å². The Balaban J connectivity index is 1.47. The highest BCUT2D eigenvalue weighted by molar-refractivity contribution is 6.74. The highest BCUT2D eigenvalue weighted by atomic mass is 28.4. The zero-order valence-corrected chi connectivity index (χ0v) is 25.8. The lowest BCUT2D eigenvalue weighted by Crippen LogP contribution is -2.55. The van der Waals surface area contributed by atoms with Crippen molar-refractivity contribution in [2.45, 2.75) is 137 Å². The van der Waals surface area contributed by atoms with E-state index in [1.807, 2.05) is 6.92 Å². The molecule has 0 aromatic rings. The van der Waals surface area contributed by atoms with E-state index in [2.05, 4.69) is 61.6 Å². The Hall–Kier alpha value is -0.353. The summed E-state index contributed by atoms with van der Waals surface area (Å²) >= 11 is 0. The van der Waals surface area contributed by atoms with Crippen molar-refractivity contribution in [2.24, 2.45) is 46.3 Å². The lowest BCUT2D eigenvalue weighted by molar-refractivity contribution is -0.162. The van der Waals surface area contributed by atoms with Gasteiger partial charge in [-0.15, -0.1) is 0 Å². The molecule has 0 radical (unpaired) electrons. The maximum Gasteiger partial charge on any atom is 0.311 e. The van der Waals surface area contributed by atoms with Crippen LogP contribution in [-0.4, -0.2) is 26.5 Å². The summed E-state index contributed by atoms with van der Waals surface area (Å²) in [4.78, 5) is 12.9. The third-order valence-corrected chi connectivity index (χ3v) is 16.8. The molecule has 4 saturated carbocycles.